The third-order valence-electron chi connectivity index (χ3n) is 0.444. The summed E-state index contributed by atoms with van der Waals surface area (Å²) in [5, 5.41) is 2.55. The molecule has 10 heavy (non-hydrogen) atoms. The molecule has 0 unspecified atom stereocenters. The minimum absolute atomic E-state index is 0. The molecule has 0 aliphatic carbocycles. The van der Waals surface area contributed by atoms with Gasteiger partial charge in [0.2, 0.25) is 0 Å². The second kappa shape index (κ2) is 3.59. The molecule has 4 nitrogen and oxygen atoms in total. The fourth-order valence-electron chi connectivity index (χ4n) is 0.0559. The SMILES string of the molecule is N#CC(F)(F)S(=O)(=O)[O-].[Na+]. The fraction of sp³-hybridized carbons (Fsp3) is 0.500. The number of halogens is 2. The van der Waals surface area contributed by atoms with Crippen molar-refractivity contribution in [3.63, 3.8) is 0 Å². The smallest absolute Gasteiger partial charge is 0.743 e. The van der Waals surface area contributed by atoms with Crippen LogP contribution in [0.5, 0.6) is 0 Å². The van der Waals surface area contributed by atoms with Gasteiger partial charge in [0.05, 0.1) is 0 Å². The predicted octanol–water partition coefficient (Wildman–Crippen LogP) is -3.35. The number of alkyl halides is 2. The molecule has 0 aliphatic rings. The average molecular weight is 179 g/mol. The van der Waals surface area contributed by atoms with Gasteiger partial charge in [-0.2, -0.15) is 14.0 Å². The zero-order valence-corrected chi connectivity index (χ0v) is 7.65. The Kier molecular flexibility index (Phi) is 4.63. The average Bonchev–Trinajstić information content (AvgIpc) is 1.64. The molecule has 0 saturated heterocycles. The van der Waals surface area contributed by atoms with Crippen molar-refractivity contribution in [2.45, 2.75) is 5.25 Å². The first-order chi connectivity index (χ1) is 3.81. The molecule has 0 rings (SSSR count). The van der Waals surface area contributed by atoms with Crippen LogP contribution in [0, 0.1) is 11.3 Å². The number of nitriles is 1. The summed E-state index contributed by atoms with van der Waals surface area (Å²) >= 11 is 0. The van der Waals surface area contributed by atoms with Gasteiger partial charge >= 0.3 is 34.8 Å². The van der Waals surface area contributed by atoms with E-state index in [9.17, 15) is 21.8 Å². The van der Waals surface area contributed by atoms with E-state index in [0.29, 0.717) is 0 Å². The molecule has 0 saturated carbocycles. The third-order valence-corrected chi connectivity index (χ3v) is 1.16. The van der Waals surface area contributed by atoms with Crippen molar-refractivity contribution in [3.8, 4) is 6.07 Å². The Morgan fingerprint density at radius 2 is 1.80 bits per heavy atom. The van der Waals surface area contributed by atoms with E-state index in [4.69, 9.17) is 5.26 Å². The maximum absolute atomic E-state index is 11.4. The van der Waals surface area contributed by atoms with E-state index >= 15 is 0 Å². The largest absolute Gasteiger partial charge is 1.00 e. The molecule has 0 atom stereocenters. The quantitative estimate of drug-likeness (QED) is 0.311. The summed E-state index contributed by atoms with van der Waals surface area (Å²) in [5.74, 6) is 0. The van der Waals surface area contributed by atoms with E-state index in [1.807, 2.05) is 0 Å². The summed E-state index contributed by atoms with van der Waals surface area (Å²) < 4.78 is 50.9. The van der Waals surface area contributed by atoms with Gasteiger partial charge in [-0.15, -0.1) is 0 Å². The molecule has 0 aliphatic heterocycles. The van der Waals surface area contributed by atoms with Gasteiger partial charge in [0.1, 0.15) is 0 Å². The van der Waals surface area contributed by atoms with Crippen LogP contribution >= 0.6 is 0 Å². The Bertz CT molecular complexity index is 242. The van der Waals surface area contributed by atoms with Gasteiger partial charge < -0.3 is 4.55 Å². The Hall–Kier alpha value is 0.260. The number of nitrogens with zero attached hydrogens (tertiary/aromatic N) is 1. The monoisotopic (exact) mass is 179 g/mol. The molecule has 0 heterocycles. The third kappa shape index (κ3) is 2.90. The minimum Gasteiger partial charge on any atom is -0.743 e. The Morgan fingerprint density at radius 3 is 1.80 bits per heavy atom. The molecule has 0 fully saturated rings. The van der Waals surface area contributed by atoms with Crippen LogP contribution < -0.4 is 29.6 Å². The molecular weight excluding hydrogens is 179 g/mol. The number of rotatable bonds is 1. The van der Waals surface area contributed by atoms with Crippen LogP contribution in [0.3, 0.4) is 0 Å². The van der Waals surface area contributed by atoms with Crippen LogP contribution in [0.15, 0.2) is 0 Å². The van der Waals surface area contributed by atoms with Crippen LogP contribution in [-0.4, -0.2) is 18.2 Å². The van der Waals surface area contributed by atoms with Gasteiger partial charge in [0, 0.05) is 0 Å². The van der Waals surface area contributed by atoms with E-state index in [0.717, 1.165) is 0 Å². The molecule has 0 aromatic rings. The zero-order chi connectivity index (χ0) is 7.71. The molecule has 0 radical (unpaired) electrons. The van der Waals surface area contributed by atoms with Crippen LogP contribution in [0.1, 0.15) is 0 Å². The van der Waals surface area contributed by atoms with Crippen LogP contribution in [0.4, 0.5) is 8.78 Å². The molecule has 0 spiro atoms. The van der Waals surface area contributed by atoms with Crippen LogP contribution in [0.25, 0.3) is 0 Å². The molecule has 0 N–H and O–H groups in total. The van der Waals surface area contributed by atoms with Crippen LogP contribution in [0.2, 0.25) is 0 Å². The molecule has 8 heteroatoms. The molecule has 0 bridgehead atoms. The first-order valence-electron chi connectivity index (χ1n) is 1.56. The van der Waals surface area contributed by atoms with E-state index in [2.05, 4.69) is 0 Å². The summed E-state index contributed by atoms with van der Waals surface area (Å²) in [7, 11) is -5.80. The van der Waals surface area contributed by atoms with E-state index in [1.54, 1.807) is 0 Å². The molecule has 0 aromatic carbocycles. The maximum atomic E-state index is 11.4. The van der Waals surface area contributed by atoms with Crippen molar-refractivity contribution in [1.82, 2.24) is 0 Å². The standard InChI is InChI=1S/C2HF2NO3S.Na/c3-2(4,1-5)9(6,7)8;/h(H,6,7,8);/q;+1/p-1. The van der Waals surface area contributed by atoms with E-state index in [-0.39, 0.29) is 35.6 Å². The van der Waals surface area contributed by atoms with Crippen molar-refractivity contribution < 1.29 is 51.3 Å². The topological polar surface area (TPSA) is 81.0 Å². The van der Waals surface area contributed by atoms with Crippen LogP contribution in [-0.2, 0) is 10.1 Å². The van der Waals surface area contributed by atoms with Gasteiger partial charge in [-0.3, -0.25) is 0 Å². The summed E-state index contributed by atoms with van der Waals surface area (Å²) in [6.07, 6.45) is 0. The second-order valence-electron chi connectivity index (χ2n) is 1.08. The zero-order valence-electron chi connectivity index (χ0n) is 4.84. The van der Waals surface area contributed by atoms with Crippen molar-refractivity contribution in [2.75, 3.05) is 0 Å². The van der Waals surface area contributed by atoms with E-state index < -0.39 is 15.4 Å². The van der Waals surface area contributed by atoms with E-state index in [1.165, 1.54) is 0 Å². The van der Waals surface area contributed by atoms with Crippen molar-refractivity contribution in [2.24, 2.45) is 0 Å². The van der Waals surface area contributed by atoms with Gasteiger partial charge in [0.15, 0.2) is 16.2 Å². The van der Waals surface area contributed by atoms with Gasteiger partial charge in [0.25, 0.3) is 0 Å². The molecule has 0 aromatic heterocycles. The summed E-state index contributed by atoms with van der Waals surface area (Å²) in [6.45, 7) is 0. The number of hydrogen-bond acceptors (Lipinski definition) is 4. The first-order valence-corrected chi connectivity index (χ1v) is 2.96. The van der Waals surface area contributed by atoms with Gasteiger partial charge in [-0.25, -0.2) is 8.42 Å². The Labute approximate surface area is 77.9 Å². The van der Waals surface area contributed by atoms with Crippen molar-refractivity contribution in [1.29, 1.82) is 5.26 Å². The molecular formula is C2F2NNaO3S. The summed E-state index contributed by atoms with van der Waals surface area (Å²) in [5.41, 5.74) is 0. The fourth-order valence-corrected chi connectivity index (χ4v) is 0.168. The van der Waals surface area contributed by atoms with Crippen molar-refractivity contribution in [3.05, 3.63) is 0 Å². The first kappa shape index (κ1) is 12.9. The minimum atomic E-state index is -5.80. The van der Waals surface area contributed by atoms with Gasteiger partial charge in [-0.1, -0.05) is 0 Å². The van der Waals surface area contributed by atoms with Gasteiger partial charge in [-0.05, 0) is 0 Å². The number of hydrogen-bond donors (Lipinski definition) is 0. The maximum Gasteiger partial charge on any atom is 1.00 e. The summed E-state index contributed by atoms with van der Waals surface area (Å²) in [6, 6.07) is 0.0475. The predicted molar refractivity (Wildman–Crippen MR) is 20.3 cm³/mol. The summed E-state index contributed by atoms with van der Waals surface area (Å²) in [4.78, 5) is 0. The molecule has 52 valence electrons. The second-order valence-corrected chi connectivity index (χ2v) is 2.50. The van der Waals surface area contributed by atoms with Crippen molar-refractivity contribution >= 4 is 10.1 Å². The normalized spacial score (nSPS) is 11.4. The Morgan fingerprint density at radius 1 is 1.50 bits per heavy atom. The molecule has 0 amide bonds. The Balaban J connectivity index is 0.